The second-order valence-corrected chi connectivity index (χ2v) is 5.83. The Morgan fingerprint density at radius 2 is 1.68 bits per heavy atom. The van der Waals surface area contributed by atoms with E-state index in [4.69, 9.17) is 4.74 Å². The molecule has 0 aliphatic carbocycles. The van der Waals surface area contributed by atoms with Crippen molar-refractivity contribution in [1.82, 2.24) is 0 Å². The Morgan fingerprint density at radius 3 is 2.32 bits per heavy atom. The van der Waals surface area contributed by atoms with Crippen LogP contribution in [0.1, 0.15) is 21.5 Å². The van der Waals surface area contributed by atoms with Gasteiger partial charge < -0.3 is 10.1 Å². The second kappa shape index (κ2) is 7.22. The van der Waals surface area contributed by atoms with Crippen LogP contribution < -0.4 is 5.32 Å². The van der Waals surface area contributed by atoms with Gasteiger partial charge >= 0.3 is 5.97 Å². The molecule has 0 radical (unpaired) electrons. The van der Waals surface area contributed by atoms with Gasteiger partial charge in [-0.25, -0.2) is 4.79 Å². The summed E-state index contributed by atoms with van der Waals surface area (Å²) in [4.78, 5) is 23.6. The Morgan fingerprint density at radius 1 is 1.05 bits per heavy atom. The number of ether oxygens (including phenoxy) is 1. The number of aryl methyl sites for hydroxylation is 2. The maximum Gasteiger partial charge on any atom is 0.338 e. The van der Waals surface area contributed by atoms with Gasteiger partial charge in [0.1, 0.15) is 0 Å². The van der Waals surface area contributed by atoms with Crippen LogP contribution in [0.15, 0.2) is 46.9 Å². The number of hydrogen-bond acceptors (Lipinski definition) is 3. The van der Waals surface area contributed by atoms with Crippen LogP contribution >= 0.6 is 15.9 Å². The fraction of sp³-hybridized carbons (Fsp3) is 0.176. The molecule has 0 fully saturated rings. The molecule has 1 N–H and O–H groups in total. The maximum absolute atomic E-state index is 11.8. The highest BCUT2D eigenvalue weighted by Crippen LogP contribution is 2.23. The van der Waals surface area contributed by atoms with Crippen molar-refractivity contribution in [2.75, 3.05) is 11.9 Å². The molecule has 2 aromatic carbocycles. The van der Waals surface area contributed by atoms with Crippen LogP contribution in [-0.2, 0) is 9.53 Å². The number of anilines is 1. The lowest BCUT2D eigenvalue weighted by Gasteiger charge is -2.09. The van der Waals surface area contributed by atoms with Gasteiger partial charge in [0.05, 0.1) is 11.3 Å². The predicted molar refractivity (Wildman–Crippen MR) is 89.0 cm³/mol. The van der Waals surface area contributed by atoms with Gasteiger partial charge in [0, 0.05) is 4.47 Å². The average Bonchev–Trinajstić information content (AvgIpc) is 2.48. The molecule has 2 rings (SSSR count). The molecule has 22 heavy (non-hydrogen) atoms. The predicted octanol–water partition coefficient (Wildman–Crippen LogP) is 3.86. The monoisotopic (exact) mass is 361 g/mol. The minimum absolute atomic E-state index is 0.326. The number of hydrogen-bond donors (Lipinski definition) is 1. The molecule has 0 bridgehead atoms. The van der Waals surface area contributed by atoms with Crippen LogP contribution in [0.5, 0.6) is 0 Å². The number of benzene rings is 2. The number of rotatable bonds is 4. The molecule has 0 spiro atoms. The molecule has 1 amide bonds. The van der Waals surface area contributed by atoms with Gasteiger partial charge in [-0.2, -0.15) is 0 Å². The largest absolute Gasteiger partial charge is 0.452 e. The van der Waals surface area contributed by atoms with Crippen LogP contribution in [-0.4, -0.2) is 18.5 Å². The first-order valence-electron chi connectivity index (χ1n) is 6.75. The van der Waals surface area contributed by atoms with E-state index in [1.165, 1.54) is 0 Å². The molecule has 114 valence electrons. The molecule has 0 atom stereocenters. The van der Waals surface area contributed by atoms with E-state index in [-0.39, 0.29) is 12.5 Å². The summed E-state index contributed by atoms with van der Waals surface area (Å²) in [6.45, 7) is 3.56. The summed E-state index contributed by atoms with van der Waals surface area (Å²) in [5.41, 5.74) is 3.20. The highest BCUT2D eigenvalue weighted by molar-refractivity contribution is 9.10. The second-order valence-electron chi connectivity index (χ2n) is 4.97. The van der Waals surface area contributed by atoms with Crippen molar-refractivity contribution < 1.29 is 14.3 Å². The topological polar surface area (TPSA) is 55.4 Å². The van der Waals surface area contributed by atoms with Crippen LogP contribution in [0.4, 0.5) is 5.69 Å². The third-order valence-corrected chi connectivity index (χ3v) is 3.68. The lowest BCUT2D eigenvalue weighted by Crippen LogP contribution is -2.21. The molecule has 0 unspecified atom stereocenters. The van der Waals surface area contributed by atoms with Crippen molar-refractivity contribution >= 4 is 33.5 Å². The first kappa shape index (κ1) is 16.2. The molecule has 2 aromatic rings. The van der Waals surface area contributed by atoms with Crippen molar-refractivity contribution in [2.45, 2.75) is 13.8 Å². The summed E-state index contributed by atoms with van der Waals surface area (Å²) in [5, 5.41) is 2.69. The zero-order chi connectivity index (χ0) is 16.1. The highest BCUT2D eigenvalue weighted by atomic mass is 79.9. The smallest absolute Gasteiger partial charge is 0.338 e. The number of nitrogens with one attached hydrogen (secondary N) is 1. The summed E-state index contributed by atoms with van der Waals surface area (Å²) in [7, 11) is 0. The molecule has 5 heteroatoms. The summed E-state index contributed by atoms with van der Waals surface area (Å²) in [5.74, 6) is -0.900. The fourth-order valence-electron chi connectivity index (χ4n) is 1.81. The van der Waals surface area contributed by atoms with Crippen molar-refractivity contribution in [3.8, 4) is 0 Å². The van der Waals surface area contributed by atoms with Crippen molar-refractivity contribution in [3.63, 3.8) is 0 Å². The van der Waals surface area contributed by atoms with Crippen molar-refractivity contribution in [1.29, 1.82) is 0 Å². The molecule has 0 aliphatic rings. The number of carbonyl (C=O) groups excluding carboxylic acids is 2. The Bertz CT molecular complexity index is 696. The van der Waals surface area contributed by atoms with Gasteiger partial charge in [-0.1, -0.05) is 23.8 Å². The molecule has 0 heterocycles. The SMILES string of the molecule is Cc1ccc(C(=O)OCC(=O)Nc2ccc(C)cc2Br)cc1. The van der Waals surface area contributed by atoms with Crippen molar-refractivity contribution in [3.05, 3.63) is 63.6 Å². The molecule has 0 saturated carbocycles. The van der Waals surface area contributed by atoms with Gasteiger partial charge in [0.25, 0.3) is 5.91 Å². The quantitative estimate of drug-likeness (QED) is 0.841. The minimum Gasteiger partial charge on any atom is -0.452 e. The van der Waals surface area contributed by atoms with E-state index in [9.17, 15) is 9.59 Å². The van der Waals surface area contributed by atoms with Crippen LogP contribution in [0.2, 0.25) is 0 Å². The summed E-state index contributed by atoms with van der Waals surface area (Å²) in [6.07, 6.45) is 0. The van der Waals surface area contributed by atoms with Gasteiger partial charge in [-0.3, -0.25) is 4.79 Å². The zero-order valence-corrected chi connectivity index (χ0v) is 13.9. The Labute approximate surface area is 137 Å². The third-order valence-electron chi connectivity index (χ3n) is 3.02. The van der Waals surface area contributed by atoms with Crippen molar-refractivity contribution in [2.24, 2.45) is 0 Å². The molecule has 0 saturated heterocycles. The lowest BCUT2D eigenvalue weighted by atomic mass is 10.1. The van der Waals surface area contributed by atoms with E-state index < -0.39 is 5.97 Å². The Balaban J connectivity index is 1.89. The fourth-order valence-corrected chi connectivity index (χ4v) is 2.40. The molecule has 4 nitrogen and oxygen atoms in total. The lowest BCUT2D eigenvalue weighted by molar-refractivity contribution is -0.119. The Kier molecular flexibility index (Phi) is 5.33. The van der Waals surface area contributed by atoms with E-state index >= 15 is 0 Å². The summed E-state index contributed by atoms with van der Waals surface area (Å²) >= 11 is 3.38. The van der Waals surface area contributed by atoms with E-state index in [1.54, 1.807) is 18.2 Å². The first-order chi connectivity index (χ1) is 10.5. The highest BCUT2D eigenvalue weighted by Gasteiger charge is 2.11. The van der Waals surface area contributed by atoms with Gasteiger partial charge in [-0.15, -0.1) is 0 Å². The standard InChI is InChI=1S/C17H16BrNO3/c1-11-3-6-13(7-4-11)17(21)22-10-16(20)19-15-8-5-12(2)9-14(15)18/h3-9H,10H2,1-2H3,(H,19,20). The number of halogens is 1. The Hall–Kier alpha value is -2.14. The first-order valence-corrected chi connectivity index (χ1v) is 7.55. The van der Waals surface area contributed by atoms with E-state index in [1.807, 2.05) is 38.1 Å². The van der Waals surface area contributed by atoms with Crippen LogP contribution in [0.25, 0.3) is 0 Å². The van der Waals surface area contributed by atoms with Gasteiger partial charge in [0.2, 0.25) is 0 Å². The number of carbonyl (C=O) groups is 2. The van der Waals surface area contributed by atoms with E-state index in [0.717, 1.165) is 15.6 Å². The average molecular weight is 362 g/mol. The molecular formula is C17H16BrNO3. The number of amides is 1. The normalized spacial score (nSPS) is 10.1. The van der Waals surface area contributed by atoms with Crippen LogP contribution in [0.3, 0.4) is 0 Å². The molecular weight excluding hydrogens is 346 g/mol. The molecule has 0 aliphatic heterocycles. The number of esters is 1. The van der Waals surface area contributed by atoms with Gasteiger partial charge in [0.15, 0.2) is 6.61 Å². The summed E-state index contributed by atoms with van der Waals surface area (Å²) in [6, 6.07) is 12.6. The minimum atomic E-state index is -0.516. The molecule has 0 aromatic heterocycles. The van der Waals surface area contributed by atoms with E-state index in [0.29, 0.717) is 11.3 Å². The zero-order valence-electron chi connectivity index (χ0n) is 12.4. The summed E-state index contributed by atoms with van der Waals surface area (Å²) < 4.78 is 5.78. The maximum atomic E-state index is 11.8. The van der Waals surface area contributed by atoms with Crippen LogP contribution in [0, 0.1) is 13.8 Å². The third kappa shape index (κ3) is 4.43. The van der Waals surface area contributed by atoms with Gasteiger partial charge in [-0.05, 0) is 59.6 Å². The van der Waals surface area contributed by atoms with E-state index in [2.05, 4.69) is 21.2 Å².